The second kappa shape index (κ2) is 5.44. The van der Waals surface area contributed by atoms with Crippen molar-refractivity contribution in [2.45, 2.75) is 52.1 Å². The van der Waals surface area contributed by atoms with Gasteiger partial charge in [-0.15, -0.1) is 10.2 Å². The van der Waals surface area contributed by atoms with Crippen LogP contribution in [0.5, 0.6) is 0 Å². The van der Waals surface area contributed by atoms with E-state index in [2.05, 4.69) is 47.0 Å². The summed E-state index contributed by atoms with van der Waals surface area (Å²) in [6, 6.07) is 2.19. The Kier molecular flexibility index (Phi) is 3.52. The third kappa shape index (κ3) is 2.59. The number of ether oxygens (including phenoxy) is 1. The lowest BCUT2D eigenvalue weighted by Gasteiger charge is -2.39. The van der Waals surface area contributed by atoms with Gasteiger partial charge < -0.3 is 9.64 Å². The standard InChI is InChI=1S/C17H25N5O/c1-12(2)14-8-15(16-19-18-11-22(16)20-14)21-6-4-17(5-7-21)9-13(3)23-10-17/h8,11-13H,4-7,9-10H2,1-3H3. The maximum Gasteiger partial charge on any atom is 0.200 e. The van der Waals surface area contributed by atoms with E-state index >= 15 is 0 Å². The lowest BCUT2D eigenvalue weighted by molar-refractivity contribution is 0.0976. The predicted octanol–water partition coefficient (Wildman–Crippen LogP) is 2.64. The molecule has 23 heavy (non-hydrogen) atoms. The van der Waals surface area contributed by atoms with Crippen LogP contribution in [0.25, 0.3) is 5.65 Å². The highest BCUT2D eigenvalue weighted by molar-refractivity contribution is 5.68. The molecule has 0 aliphatic carbocycles. The fourth-order valence-corrected chi connectivity index (χ4v) is 3.96. The number of rotatable bonds is 2. The van der Waals surface area contributed by atoms with Crippen molar-refractivity contribution in [2.24, 2.45) is 5.41 Å². The maximum atomic E-state index is 5.84. The van der Waals surface area contributed by atoms with Crippen molar-refractivity contribution in [3.05, 3.63) is 18.1 Å². The van der Waals surface area contributed by atoms with Crippen LogP contribution in [0.3, 0.4) is 0 Å². The van der Waals surface area contributed by atoms with E-state index in [4.69, 9.17) is 4.74 Å². The van der Waals surface area contributed by atoms with Crippen LogP contribution in [0.15, 0.2) is 12.4 Å². The molecule has 0 bridgehead atoms. The first-order chi connectivity index (χ1) is 11.1. The van der Waals surface area contributed by atoms with Crippen molar-refractivity contribution in [3.63, 3.8) is 0 Å². The first kappa shape index (κ1) is 14.9. The SMILES string of the molecule is CC1CC2(CCN(c3cc(C(C)C)nn4cnnc34)CC2)CO1. The van der Waals surface area contributed by atoms with Gasteiger partial charge in [-0.1, -0.05) is 13.8 Å². The fourth-order valence-electron chi connectivity index (χ4n) is 3.96. The van der Waals surface area contributed by atoms with Gasteiger partial charge in [0.15, 0.2) is 0 Å². The minimum atomic E-state index is 0.390. The van der Waals surface area contributed by atoms with Gasteiger partial charge in [0.2, 0.25) is 5.65 Å². The second-order valence-corrected chi connectivity index (χ2v) is 7.52. The monoisotopic (exact) mass is 315 g/mol. The minimum Gasteiger partial charge on any atom is -0.378 e. The van der Waals surface area contributed by atoms with E-state index in [1.54, 1.807) is 6.33 Å². The summed E-state index contributed by atoms with van der Waals surface area (Å²) < 4.78 is 7.66. The fraction of sp³-hybridized carbons (Fsp3) is 0.706. The quantitative estimate of drug-likeness (QED) is 0.853. The molecular formula is C17H25N5O. The lowest BCUT2D eigenvalue weighted by Crippen LogP contribution is -2.41. The number of hydrogen-bond acceptors (Lipinski definition) is 5. The molecule has 4 rings (SSSR count). The summed E-state index contributed by atoms with van der Waals surface area (Å²) in [5.74, 6) is 0.390. The van der Waals surface area contributed by atoms with Crippen LogP contribution in [0.1, 0.15) is 51.6 Å². The Hall–Kier alpha value is -1.69. The molecule has 124 valence electrons. The zero-order chi connectivity index (χ0) is 16.0. The van der Waals surface area contributed by atoms with Gasteiger partial charge in [-0.25, -0.2) is 0 Å². The number of hydrogen-bond donors (Lipinski definition) is 0. The summed E-state index contributed by atoms with van der Waals surface area (Å²) in [5, 5.41) is 12.9. The van der Waals surface area contributed by atoms with E-state index in [0.717, 1.165) is 31.0 Å². The highest BCUT2D eigenvalue weighted by atomic mass is 16.5. The van der Waals surface area contributed by atoms with E-state index in [1.165, 1.54) is 24.9 Å². The van der Waals surface area contributed by atoms with Gasteiger partial charge >= 0.3 is 0 Å². The third-order valence-corrected chi connectivity index (χ3v) is 5.42. The van der Waals surface area contributed by atoms with Gasteiger partial charge in [0.25, 0.3) is 0 Å². The second-order valence-electron chi connectivity index (χ2n) is 7.52. The van der Waals surface area contributed by atoms with Crippen molar-refractivity contribution < 1.29 is 4.74 Å². The average Bonchev–Trinajstić information content (AvgIpc) is 3.14. The summed E-state index contributed by atoms with van der Waals surface area (Å²) in [6.07, 6.45) is 5.70. The Morgan fingerprint density at radius 3 is 2.74 bits per heavy atom. The van der Waals surface area contributed by atoms with Crippen LogP contribution in [0.4, 0.5) is 5.69 Å². The molecule has 0 amide bonds. The van der Waals surface area contributed by atoms with Gasteiger partial charge in [-0.3, -0.25) is 0 Å². The molecule has 2 aliphatic heterocycles. The molecule has 1 atom stereocenters. The molecule has 2 aromatic rings. The molecule has 0 aromatic carbocycles. The lowest BCUT2D eigenvalue weighted by atomic mass is 9.77. The molecule has 1 spiro atoms. The Labute approximate surface area is 136 Å². The van der Waals surface area contributed by atoms with Gasteiger partial charge in [0, 0.05) is 13.1 Å². The highest BCUT2D eigenvalue weighted by Crippen LogP contribution is 2.43. The van der Waals surface area contributed by atoms with Crippen LogP contribution in [-0.4, -0.2) is 45.6 Å². The minimum absolute atomic E-state index is 0.390. The van der Waals surface area contributed by atoms with Crippen molar-refractivity contribution in [3.8, 4) is 0 Å². The van der Waals surface area contributed by atoms with Crippen LogP contribution in [0.2, 0.25) is 0 Å². The molecule has 2 saturated heterocycles. The molecule has 2 aliphatic rings. The van der Waals surface area contributed by atoms with Crippen molar-refractivity contribution in [2.75, 3.05) is 24.6 Å². The molecule has 0 N–H and O–H groups in total. The Morgan fingerprint density at radius 1 is 1.30 bits per heavy atom. The topological polar surface area (TPSA) is 55.6 Å². The molecule has 6 heteroatoms. The van der Waals surface area contributed by atoms with Crippen molar-refractivity contribution >= 4 is 11.3 Å². The summed E-state index contributed by atoms with van der Waals surface area (Å²) in [6.45, 7) is 9.57. The van der Waals surface area contributed by atoms with E-state index in [1.807, 2.05) is 4.52 Å². The van der Waals surface area contributed by atoms with E-state index in [9.17, 15) is 0 Å². The van der Waals surface area contributed by atoms with Gasteiger partial charge in [-0.05, 0) is 43.6 Å². The Balaban J connectivity index is 1.61. The van der Waals surface area contributed by atoms with Crippen LogP contribution in [-0.2, 0) is 4.74 Å². The molecule has 0 radical (unpaired) electrons. The van der Waals surface area contributed by atoms with Crippen LogP contribution >= 0.6 is 0 Å². The van der Waals surface area contributed by atoms with Gasteiger partial charge in [-0.2, -0.15) is 9.61 Å². The number of anilines is 1. The highest BCUT2D eigenvalue weighted by Gasteiger charge is 2.41. The van der Waals surface area contributed by atoms with E-state index in [0.29, 0.717) is 17.4 Å². The molecule has 4 heterocycles. The smallest absolute Gasteiger partial charge is 0.200 e. The molecule has 2 fully saturated rings. The summed E-state index contributed by atoms with van der Waals surface area (Å²) in [5.41, 5.74) is 3.52. The largest absolute Gasteiger partial charge is 0.378 e. The Bertz CT molecular complexity index is 702. The number of piperidine rings is 1. The molecular weight excluding hydrogens is 290 g/mol. The molecule has 6 nitrogen and oxygen atoms in total. The number of nitrogens with zero attached hydrogens (tertiary/aromatic N) is 5. The van der Waals surface area contributed by atoms with Gasteiger partial charge in [0.1, 0.15) is 6.33 Å². The van der Waals surface area contributed by atoms with E-state index < -0.39 is 0 Å². The third-order valence-electron chi connectivity index (χ3n) is 5.42. The maximum absolute atomic E-state index is 5.84. The normalized spacial score (nSPS) is 24.2. The first-order valence-corrected chi connectivity index (χ1v) is 8.64. The van der Waals surface area contributed by atoms with Crippen molar-refractivity contribution in [1.29, 1.82) is 0 Å². The van der Waals surface area contributed by atoms with Gasteiger partial charge in [0.05, 0.1) is 24.1 Å². The number of aromatic nitrogens is 4. The number of fused-ring (bicyclic) bond motifs is 1. The summed E-state index contributed by atoms with van der Waals surface area (Å²) in [7, 11) is 0. The average molecular weight is 315 g/mol. The molecule has 1 unspecified atom stereocenters. The Morgan fingerprint density at radius 2 is 2.09 bits per heavy atom. The van der Waals surface area contributed by atoms with E-state index in [-0.39, 0.29) is 0 Å². The molecule has 0 saturated carbocycles. The van der Waals surface area contributed by atoms with Crippen molar-refractivity contribution in [1.82, 2.24) is 19.8 Å². The summed E-state index contributed by atoms with van der Waals surface area (Å²) >= 11 is 0. The zero-order valence-corrected chi connectivity index (χ0v) is 14.2. The zero-order valence-electron chi connectivity index (χ0n) is 14.2. The summed E-state index contributed by atoms with van der Waals surface area (Å²) in [4.78, 5) is 2.45. The van der Waals surface area contributed by atoms with Crippen LogP contribution < -0.4 is 4.90 Å². The first-order valence-electron chi connectivity index (χ1n) is 8.64. The van der Waals surface area contributed by atoms with Crippen LogP contribution in [0, 0.1) is 5.41 Å². The molecule has 2 aromatic heterocycles. The predicted molar refractivity (Wildman–Crippen MR) is 88.8 cm³/mol.